The lowest BCUT2D eigenvalue weighted by molar-refractivity contribution is -0.121. The first-order chi connectivity index (χ1) is 7.13. The van der Waals surface area contributed by atoms with Crippen LogP contribution in [0.5, 0.6) is 0 Å². The van der Waals surface area contributed by atoms with Crippen molar-refractivity contribution in [1.82, 2.24) is 10.2 Å². The zero-order valence-corrected chi connectivity index (χ0v) is 9.83. The SMILES string of the molecule is CC(CCN)N(C)CCC(=O)NC1CC1. The van der Waals surface area contributed by atoms with E-state index in [9.17, 15) is 4.79 Å². The topological polar surface area (TPSA) is 58.4 Å². The molecular formula is C11H23N3O. The Bertz CT molecular complexity index is 204. The lowest BCUT2D eigenvalue weighted by Gasteiger charge is -2.23. The number of nitrogens with two attached hydrogens (primary N) is 1. The molecular weight excluding hydrogens is 190 g/mol. The van der Waals surface area contributed by atoms with Gasteiger partial charge in [0.1, 0.15) is 0 Å². The summed E-state index contributed by atoms with van der Waals surface area (Å²) in [4.78, 5) is 13.6. The Morgan fingerprint density at radius 3 is 2.80 bits per heavy atom. The minimum absolute atomic E-state index is 0.185. The third-order valence-electron chi connectivity index (χ3n) is 2.97. The minimum atomic E-state index is 0.185. The second-order valence-corrected chi connectivity index (χ2v) is 4.50. The van der Waals surface area contributed by atoms with Gasteiger partial charge in [0.15, 0.2) is 0 Å². The first kappa shape index (κ1) is 12.5. The van der Waals surface area contributed by atoms with E-state index in [-0.39, 0.29) is 5.91 Å². The maximum Gasteiger partial charge on any atom is 0.221 e. The van der Waals surface area contributed by atoms with Gasteiger partial charge in [-0.3, -0.25) is 4.79 Å². The van der Waals surface area contributed by atoms with Crippen LogP contribution in [0, 0.1) is 0 Å². The van der Waals surface area contributed by atoms with Gasteiger partial charge in [0.2, 0.25) is 5.91 Å². The standard InChI is InChI=1S/C11H23N3O/c1-9(5-7-12)14(2)8-6-11(15)13-10-3-4-10/h9-10H,3-8,12H2,1-2H3,(H,13,15). The molecule has 1 aliphatic rings. The van der Waals surface area contributed by atoms with Crippen molar-refractivity contribution in [3.63, 3.8) is 0 Å². The Morgan fingerprint density at radius 1 is 1.60 bits per heavy atom. The predicted molar refractivity (Wildman–Crippen MR) is 61.5 cm³/mol. The van der Waals surface area contributed by atoms with Crippen molar-refractivity contribution in [2.24, 2.45) is 5.73 Å². The summed E-state index contributed by atoms with van der Waals surface area (Å²) in [7, 11) is 2.05. The number of carbonyl (C=O) groups is 1. The van der Waals surface area contributed by atoms with E-state index in [1.165, 1.54) is 0 Å². The highest BCUT2D eigenvalue weighted by Crippen LogP contribution is 2.18. The van der Waals surface area contributed by atoms with Crippen LogP contribution in [0.1, 0.15) is 32.6 Å². The molecule has 0 aromatic heterocycles. The van der Waals surface area contributed by atoms with Crippen LogP contribution in [0.3, 0.4) is 0 Å². The third kappa shape index (κ3) is 5.14. The molecule has 15 heavy (non-hydrogen) atoms. The average molecular weight is 213 g/mol. The smallest absolute Gasteiger partial charge is 0.221 e. The fraction of sp³-hybridized carbons (Fsp3) is 0.909. The monoisotopic (exact) mass is 213 g/mol. The van der Waals surface area contributed by atoms with Gasteiger partial charge in [0.25, 0.3) is 0 Å². The van der Waals surface area contributed by atoms with E-state index in [0.717, 1.165) is 25.8 Å². The molecule has 1 atom stereocenters. The van der Waals surface area contributed by atoms with Crippen LogP contribution in [0.4, 0.5) is 0 Å². The summed E-state index contributed by atoms with van der Waals surface area (Å²) >= 11 is 0. The highest BCUT2D eigenvalue weighted by Gasteiger charge is 2.23. The molecule has 0 aromatic carbocycles. The average Bonchev–Trinajstić information content (AvgIpc) is 2.98. The van der Waals surface area contributed by atoms with Crippen LogP contribution >= 0.6 is 0 Å². The van der Waals surface area contributed by atoms with Crippen molar-refractivity contribution in [2.75, 3.05) is 20.1 Å². The number of carbonyl (C=O) groups excluding carboxylic acids is 1. The maximum atomic E-state index is 11.4. The molecule has 88 valence electrons. The molecule has 1 rings (SSSR count). The number of hydrogen-bond acceptors (Lipinski definition) is 3. The van der Waals surface area contributed by atoms with Gasteiger partial charge in [-0.25, -0.2) is 0 Å². The van der Waals surface area contributed by atoms with Crippen LogP contribution < -0.4 is 11.1 Å². The van der Waals surface area contributed by atoms with Crippen LogP contribution in [0.15, 0.2) is 0 Å². The molecule has 3 N–H and O–H groups in total. The first-order valence-corrected chi connectivity index (χ1v) is 5.83. The highest BCUT2D eigenvalue weighted by molar-refractivity contribution is 5.76. The molecule has 0 bridgehead atoms. The lowest BCUT2D eigenvalue weighted by atomic mass is 10.2. The maximum absolute atomic E-state index is 11.4. The number of rotatable bonds is 7. The molecule has 0 aliphatic heterocycles. The zero-order chi connectivity index (χ0) is 11.3. The Morgan fingerprint density at radius 2 is 2.27 bits per heavy atom. The number of hydrogen-bond donors (Lipinski definition) is 2. The minimum Gasteiger partial charge on any atom is -0.353 e. The van der Waals surface area contributed by atoms with Crippen LogP contribution in [-0.4, -0.2) is 43.0 Å². The van der Waals surface area contributed by atoms with Gasteiger partial charge in [-0.1, -0.05) is 0 Å². The Hall–Kier alpha value is -0.610. The van der Waals surface area contributed by atoms with Crippen LogP contribution in [-0.2, 0) is 4.79 Å². The van der Waals surface area contributed by atoms with Gasteiger partial charge >= 0.3 is 0 Å². The van der Waals surface area contributed by atoms with Crippen molar-refractivity contribution < 1.29 is 4.79 Å². The number of amides is 1. The van der Waals surface area contributed by atoms with Crippen molar-refractivity contribution in [3.8, 4) is 0 Å². The molecule has 0 saturated heterocycles. The Kier molecular flexibility index (Phi) is 5.05. The van der Waals surface area contributed by atoms with E-state index in [2.05, 4.69) is 17.1 Å². The van der Waals surface area contributed by atoms with Gasteiger partial charge in [-0.05, 0) is 39.8 Å². The second kappa shape index (κ2) is 6.08. The highest BCUT2D eigenvalue weighted by atomic mass is 16.1. The van der Waals surface area contributed by atoms with Crippen molar-refractivity contribution in [2.45, 2.75) is 44.7 Å². The van der Waals surface area contributed by atoms with E-state index in [4.69, 9.17) is 5.73 Å². The summed E-state index contributed by atoms with van der Waals surface area (Å²) in [5, 5.41) is 2.99. The summed E-state index contributed by atoms with van der Waals surface area (Å²) in [5.41, 5.74) is 5.49. The molecule has 1 aliphatic carbocycles. The first-order valence-electron chi connectivity index (χ1n) is 5.83. The molecule has 1 amide bonds. The largest absolute Gasteiger partial charge is 0.353 e. The van der Waals surface area contributed by atoms with E-state index in [1.54, 1.807) is 0 Å². The van der Waals surface area contributed by atoms with Crippen molar-refractivity contribution in [1.29, 1.82) is 0 Å². The summed E-state index contributed by atoms with van der Waals surface area (Å²) in [6.07, 6.45) is 3.90. The lowest BCUT2D eigenvalue weighted by Crippen LogP contribution is -2.35. The van der Waals surface area contributed by atoms with E-state index >= 15 is 0 Å². The fourth-order valence-corrected chi connectivity index (χ4v) is 1.49. The molecule has 4 nitrogen and oxygen atoms in total. The van der Waals surface area contributed by atoms with Gasteiger partial charge in [-0.2, -0.15) is 0 Å². The molecule has 0 radical (unpaired) electrons. The summed E-state index contributed by atoms with van der Waals surface area (Å²) in [5.74, 6) is 0.185. The van der Waals surface area contributed by atoms with Gasteiger partial charge in [0, 0.05) is 25.0 Å². The van der Waals surface area contributed by atoms with E-state index < -0.39 is 0 Å². The molecule has 1 saturated carbocycles. The van der Waals surface area contributed by atoms with E-state index in [0.29, 0.717) is 25.0 Å². The third-order valence-corrected chi connectivity index (χ3v) is 2.97. The van der Waals surface area contributed by atoms with Crippen LogP contribution in [0.2, 0.25) is 0 Å². The van der Waals surface area contributed by atoms with Gasteiger partial charge in [-0.15, -0.1) is 0 Å². The molecule has 1 unspecified atom stereocenters. The van der Waals surface area contributed by atoms with Crippen molar-refractivity contribution in [3.05, 3.63) is 0 Å². The molecule has 0 aromatic rings. The van der Waals surface area contributed by atoms with Crippen molar-refractivity contribution >= 4 is 5.91 Å². The fourth-order valence-electron chi connectivity index (χ4n) is 1.49. The summed E-state index contributed by atoms with van der Waals surface area (Å²) in [6, 6.07) is 0.938. The summed E-state index contributed by atoms with van der Waals surface area (Å²) < 4.78 is 0. The Labute approximate surface area is 92.2 Å². The number of nitrogens with zero attached hydrogens (tertiary/aromatic N) is 1. The molecule has 1 fully saturated rings. The summed E-state index contributed by atoms with van der Waals surface area (Å²) in [6.45, 7) is 3.67. The van der Waals surface area contributed by atoms with Crippen LogP contribution in [0.25, 0.3) is 0 Å². The molecule has 0 spiro atoms. The normalized spacial score (nSPS) is 17.9. The predicted octanol–water partition coefficient (Wildman–Crippen LogP) is 0.324. The zero-order valence-electron chi connectivity index (χ0n) is 9.83. The number of nitrogens with one attached hydrogen (secondary N) is 1. The second-order valence-electron chi connectivity index (χ2n) is 4.50. The quantitative estimate of drug-likeness (QED) is 0.640. The van der Waals surface area contributed by atoms with Gasteiger partial charge < -0.3 is 16.0 Å². The Balaban J connectivity index is 2.08. The molecule has 4 heteroatoms. The molecule has 0 heterocycles. The van der Waals surface area contributed by atoms with Gasteiger partial charge in [0.05, 0.1) is 0 Å². The van der Waals surface area contributed by atoms with E-state index in [1.807, 2.05) is 7.05 Å².